The van der Waals surface area contributed by atoms with Gasteiger partial charge >= 0.3 is 5.97 Å². The van der Waals surface area contributed by atoms with Crippen LogP contribution in [0.25, 0.3) is 0 Å². The van der Waals surface area contributed by atoms with Crippen molar-refractivity contribution in [3.05, 3.63) is 58.9 Å². The molecule has 4 nitrogen and oxygen atoms in total. The molecule has 1 aliphatic carbocycles. The predicted octanol–water partition coefficient (Wildman–Crippen LogP) is 9.12. The van der Waals surface area contributed by atoms with Crippen molar-refractivity contribution >= 4 is 5.97 Å². The summed E-state index contributed by atoms with van der Waals surface area (Å²) in [4.78, 5) is 12.7. The standard InChI is InChI=1S/C32H42FNO3/c1-3-4-5-6-7-8-9-10-11-12-24-13-15-25(16-14-24)26-18-20-29(31(21-26)36-2)32(35)37-28-19-17-27(23-34)30(33)22-28/h17-22,24-25H,3-16H2,1-2H3. The fourth-order valence-corrected chi connectivity index (χ4v) is 5.47. The highest BCUT2D eigenvalue weighted by atomic mass is 19.1. The Kier molecular flexibility index (Phi) is 11.9. The van der Waals surface area contributed by atoms with Crippen LogP contribution in [0.15, 0.2) is 36.4 Å². The summed E-state index contributed by atoms with van der Waals surface area (Å²) >= 11 is 0. The van der Waals surface area contributed by atoms with E-state index < -0.39 is 11.8 Å². The number of esters is 1. The van der Waals surface area contributed by atoms with Crippen molar-refractivity contribution < 1.29 is 18.7 Å². The topological polar surface area (TPSA) is 59.3 Å². The number of nitriles is 1. The molecule has 0 unspecified atom stereocenters. The number of methoxy groups -OCH3 is 1. The van der Waals surface area contributed by atoms with E-state index in [-0.39, 0.29) is 11.3 Å². The van der Waals surface area contributed by atoms with Gasteiger partial charge in [-0.1, -0.05) is 77.2 Å². The molecule has 0 amide bonds. The Bertz CT molecular complexity index is 1040. The number of nitrogens with zero attached hydrogens (tertiary/aromatic N) is 1. The number of rotatable bonds is 14. The van der Waals surface area contributed by atoms with E-state index in [0.717, 1.165) is 12.0 Å². The maximum Gasteiger partial charge on any atom is 0.347 e. The fourth-order valence-electron chi connectivity index (χ4n) is 5.47. The molecule has 5 heteroatoms. The van der Waals surface area contributed by atoms with E-state index in [2.05, 4.69) is 6.92 Å². The first kappa shape index (κ1) is 28.7. The molecule has 0 spiro atoms. The van der Waals surface area contributed by atoms with Crippen LogP contribution in [0.1, 0.15) is 124 Å². The molecule has 0 saturated heterocycles. The van der Waals surface area contributed by atoms with Crippen LogP contribution in [0.3, 0.4) is 0 Å². The lowest BCUT2D eigenvalue weighted by atomic mass is 9.77. The number of carbonyl (C=O) groups is 1. The molecule has 2 aromatic carbocycles. The highest BCUT2D eigenvalue weighted by Gasteiger charge is 2.24. The third-order valence-electron chi connectivity index (χ3n) is 7.75. The summed E-state index contributed by atoms with van der Waals surface area (Å²) in [5, 5.41) is 8.87. The van der Waals surface area contributed by atoms with Gasteiger partial charge in [-0.15, -0.1) is 0 Å². The largest absolute Gasteiger partial charge is 0.496 e. The van der Waals surface area contributed by atoms with E-state index in [9.17, 15) is 9.18 Å². The van der Waals surface area contributed by atoms with Gasteiger partial charge in [-0.2, -0.15) is 5.26 Å². The maximum absolute atomic E-state index is 13.9. The third-order valence-corrected chi connectivity index (χ3v) is 7.75. The zero-order valence-electron chi connectivity index (χ0n) is 22.6. The van der Waals surface area contributed by atoms with Crippen LogP contribution in [-0.2, 0) is 0 Å². The second kappa shape index (κ2) is 15.4. The van der Waals surface area contributed by atoms with Gasteiger partial charge in [0.1, 0.15) is 28.9 Å². The Morgan fingerprint density at radius 1 is 0.946 bits per heavy atom. The normalized spacial score (nSPS) is 17.2. The van der Waals surface area contributed by atoms with E-state index >= 15 is 0 Å². The molecule has 1 fully saturated rings. The molecule has 0 radical (unpaired) electrons. The van der Waals surface area contributed by atoms with E-state index in [1.165, 1.54) is 108 Å². The summed E-state index contributed by atoms with van der Waals surface area (Å²) in [5.41, 5.74) is 1.40. The monoisotopic (exact) mass is 507 g/mol. The van der Waals surface area contributed by atoms with Crippen LogP contribution in [-0.4, -0.2) is 13.1 Å². The molecule has 200 valence electrons. The third kappa shape index (κ3) is 8.88. The smallest absolute Gasteiger partial charge is 0.347 e. The molecular formula is C32H42FNO3. The van der Waals surface area contributed by atoms with Gasteiger partial charge in [-0.05, 0) is 67.3 Å². The highest BCUT2D eigenvalue weighted by Crippen LogP contribution is 2.39. The van der Waals surface area contributed by atoms with Crippen LogP contribution in [0.2, 0.25) is 0 Å². The summed E-state index contributed by atoms with van der Waals surface area (Å²) in [7, 11) is 1.54. The molecule has 0 atom stereocenters. The van der Waals surface area contributed by atoms with Gasteiger partial charge < -0.3 is 9.47 Å². The Morgan fingerprint density at radius 2 is 1.62 bits per heavy atom. The molecule has 0 heterocycles. The van der Waals surface area contributed by atoms with E-state index in [1.54, 1.807) is 19.2 Å². The van der Waals surface area contributed by atoms with Gasteiger partial charge in [0.25, 0.3) is 0 Å². The number of hydrogen-bond acceptors (Lipinski definition) is 4. The lowest BCUT2D eigenvalue weighted by molar-refractivity contribution is 0.0731. The molecule has 1 aliphatic rings. The van der Waals surface area contributed by atoms with Crippen LogP contribution in [0, 0.1) is 23.1 Å². The van der Waals surface area contributed by atoms with Gasteiger partial charge in [0.2, 0.25) is 0 Å². The zero-order valence-corrected chi connectivity index (χ0v) is 22.6. The molecule has 0 N–H and O–H groups in total. The molecule has 2 aromatic rings. The lowest BCUT2D eigenvalue weighted by Gasteiger charge is -2.29. The van der Waals surface area contributed by atoms with Gasteiger partial charge in [-0.3, -0.25) is 0 Å². The molecule has 1 saturated carbocycles. The van der Waals surface area contributed by atoms with E-state index in [0.29, 0.717) is 17.2 Å². The van der Waals surface area contributed by atoms with Gasteiger partial charge in [0, 0.05) is 6.07 Å². The molecule has 37 heavy (non-hydrogen) atoms. The summed E-state index contributed by atoms with van der Waals surface area (Å²) in [6.45, 7) is 2.27. The number of halogens is 1. The zero-order chi connectivity index (χ0) is 26.5. The average molecular weight is 508 g/mol. The Morgan fingerprint density at radius 3 is 2.24 bits per heavy atom. The predicted molar refractivity (Wildman–Crippen MR) is 146 cm³/mol. The summed E-state index contributed by atoms with van der Waals surface area (Å²) in [5.74, 6) is 0.503. The molecular weight excluding hydrogens is 465 g/mol. The summed E-state index contributed by atoms with van der Waals surface area (Å²) < 4.78 is 24.7. The summed E-state index contributed by atoms with van der Waals surface area (Å²) in [6, 6.07) is 11.2. The SMILES string of the molecule is CCCCCCCCCCCC1CCC(c2ccc(C(=O)Oc3ccc(C#N)c(F)c3)c(OC)c2)CC1. The molecule has 0 bridgehead atoms. The van der Waals surface area contributed by atoms with Crippen molar-refractivity contribution in [2.75, 3.05) is 7.11 Å². The van der Waals surface area contributed by atoms with Gasteiger partial charge in [0.15, 0.2) is 0 Å². The van der Waals surface area contributed by atoms with Gasteiger partial charge in [-0.25, -0.2) is 9.18 Å². The Labute approximate surface area is 222 Å². The minimum Gasteiger partial charge on any atom is -0.496 e. The number of hydrogen-bond donors (Lipinski definition) is 0. The summed E-state index contributed by atoms with van der Waals surface area (Å²) in [6.07, 6.45) is 18.6. The molecule has 3 rings (SSSR count). The second-order valence-electron chi connectivity index (χ2n) is 10.4. The number of carbonyl (C=O) groups excluding carboxylic acids is 1. The van der Waals surface area contributed by atoms with Gasteiger partial charge in [0.05, 0.1) is 12.7 Å². The molecule has 0 aromatic heterocycles. The first-order chi connectivity index (χ1) is 18.0. The first-order valence-corrected chi connectivity index (χ1v) is 14.2. The highest BCUT2D eigenvalue weighted by molar-refractivity contribution is 5.94. The van der Waals surface area contributed by atoms with Crippen LogP contribution >= 0.6 is 0 Å². The minimum absolute atomic E-state index is 0.0536. The van der Waals surface area contributed by atoms with Crippen LogP contribution in [0.4, 0.5) is 4.39 Å². The van der Waals surface area contributed by atoms with Crippen molar-refractivity contribution in [3.63, 3.8) is 0 Å². The number of unbranched alkanes of at least 4 members (excludes halogenated alkanes) is 8. The Balaban J connectivity index is 1.44. The fraction of sp³-hybridized carbons (Fsp3) is 0.562. The van der Waals surface area contributed by atoms with Crippen molar-refractivity contribution in [3.8, 4) is 17.6 Å². The number of benzene rings is 2. The van der Waals surface area contributed by atoms with Crippen molar-refractivity contribution in [2.24, 2.45) is 5.92 Å². The lowest BCUT2D eigenvalue weighted by Crippen LogP contribution is -2.15. The van der Waals surface area contributed by atoms with Crippen molar-refractivity contribution in [1.29, 1.82) is 5.26 Å². The van der Waals surface area contributed by atoms with Crippen molar-refractivity contribution in [2.45, 2.75) is 103 Å². The first-order valence-electron chi connectivity index (χ1n) is 14.2. The molecule has 0 aliphatic heterocycles. The minimum atomic E-state index is -0.719. The van der Waals surface area contributed by atoms with Crippen LogP contribution in [0.5, 0.6) is 11.5 Å². The number of ether oxygens (including phenoxy) is 2. The van der Waals surface area contributed by atoms with Crippen LogP contribution < -0.4 is 9.47 Å². The Hall–Kier alpha value is -2.87. The maximum atomic E-state index is 13.9. The second-order valence-corrected chi connectivity index (χ2v) is 10.4. The van der Waals surface area contributed by atoms with E-state index in [1.807, 2.05) is 12.1 Å². The van der Waals surface area contributed by atoms with E-state index in [4.69, 9.17) is 14.7 Å². The van der Waals surface area contributed by atoms with Crippen molar-refractivity contribution in [1.82, 2.24) is 0 Å². The average Bonchev–Trinajstić information content (AvgIpc) is 2.92. The quantitative estimate of drug-likeness (QED) is 0.145.